The van der Waals surface area contributed by atoms with Crippen molar-refractivity contribution in [3.8, 4) is 0 Å². The normalized spacial score (nSPS) is 8.74. The van der Waals surface area contributed by atoms with Gasteiger partial charge in [-0.3, -0.25) is 0 Å². The van der Waals surface area contributed by atoms with Gasteiger partial charge < -0.3 is 11.5 Å². The van der Waals surface area contributed by atoms with Crippen LogP contribution in [0.3, 0.4) is 0 Å². The molecule has 0 fully saturated rings. The maximum Gasteiger partial charge on any atom is -0.00258 e. The standard InChI is InChI=1S/C15H16.2CH5N/c1-12-3-7-14(8-4-12)11-15-9-5-13(2)6-10-15;2*1-2/h3-10H,11H2,1-2H3;2*2H2,1H3. The molecule has 2 aromatic carbocycles. The zero-order valence-corrected chi connectivity index (χ0v) is 12.5. The van der Waals surface area contributed by atoms with Crippen LogP contribution in [0, 0.1) is 13.8 Å². The lowest BCUT2D eigenvalue weighted by molar-refractivity contribution is 1.18. The number of aryl methyl sites for hydroxylation is 2. The Labute approximate surface area is 117 Å². The van der Waals surface area contributed by atoms with Crippen molar-refractivity contribution in [3.63, 3.8) is 0 Å². The Balaban J connectivity index is 0.000000741. The van der Waals surface area contributed by atoms with E-state index in [-0.39, 0.29) is 0 Å². The van der Waals surface area contributed by atoms with Crippen molar-refractivity contribution < 1.29 is 0 Å². The molecule has 0 heterocycles. The van der Waals surface area contributed by atoms with Gasteiger partial charge in [-0.2, -0.15) is 0 Å². The summed E-state index contributed by atoms with van der Waals surface area (Å²) in [6, 6.07) is 17.5. The van der Waals surface area contributed by atoms with Crippen LogP contribution in [0.2, 0.25) is 0 Å². The van der Waals surface area contributed by atoms with Gasteiger partial charge in [0.1, 0.15) is 0 Å². The van der Waals surface area contributed by atoms with Gasteiger partial charge in [0.15, 0.2) is 0 Å². The Morgan fingerprint density at radius 1 is 0.579 bits per heavy atom. The van der Waals surface area contributed by atoms with E-state index in [1.54, 1.807) is 0 Å². The lowest BCUT2D eigenvalue weighted by atomic mass is 10.0. The average Bonchev–Trinajstić information content (AvgIpc) is 2.48. The quantitative estimate of drug-likeness (QED) is 0.870. The molecule has 19 heavy (non-hydrogen) atoms. The van der Waals surface area contributed by atoms with E-state index in [0.29, 0.717) is 0 Å². The highest BCUT2D eigenvalue weighted by Gasteiger charge is 1.95. The zero-order chi connectivity index (χ0) is 14.7. The van der Waals surface area contributed by atoms with Gasteiger partial charge in [-0.15, -0.1) is 0 Å². The van der Waals surface area contributed by atoms with Crippen molar-refractivity contribution in [1.82, 2.24) is 0 Å². The second kappa shape index (κ2) is 10.3. The van der Waals surface area contributed by atoms with Crippen LogP contribution in [0.25, 0.3) is 0 Å². The van der Waals surface area contributed by atoms with E-state index in [0.717, 1.165) is 6.42 Å². The summed E-state index contributed by atoms with van der Waals surface area (Å²) in [5.74, 6) is 0. The first-order chi connectivity index (χ1) is 9.24. The highest BCUT2D eigenvalue weighted by Crippen LogP contribution is 2.11. The third kappa shape index (κ3) is 6.75. The van der Waals surface area contributed by atoms with E-state index < -0.39 is 0 Å². The summed E-state index contributed by atoms with van der Waals surface area (Å²) in [4.78, 5) is 0. The Morgan fingerprint density at radius 3 is 1.11 bits per heavy atom. The number of hydrogen-bond acceptors (Lipinski definition) is 2. The molecular weight excluding hydrogens is 232 g/mol. The summed E-state index contributed by atoms with van der Waals surface area (Å²) in [5, 5.41) is 0. The first-order valence-corrected chi connectivity index (χ1v) is 6.50. The third-order valence-electron chi connectivity index (χ3n) is 2.65. The van der Waals surface area contributed by atoms with E-state index in [1.165, 1.54) is 36.3 Å². The maximum atomic E-state index is 4.50. The molecule has 0 spiro atoms. The van der Waals surface area contributed by atoms with Gasteiger partial charge in [0, 0.05) is 0 Å². The van der Waals surface area contributed by atoms with Crippen LogP contribution < -0.4 is 11.5 Å². The Kier molecular flexibility index (Phi) is 9.41. The van der Waals surface area contributed by atoms with Gasteiger partial charge in [0.25, 0.3) is 0 Å². The fourth-order valence-corrected chi connectivity index (χ4v) is 1.65. The van der Waals surface area contributed by atoms with Crippen molar-refractivity contribution in [3.05, 3.63) is 70.8 Å². The molecule has 0 bridgehead atoms. The third-order valence-corrected chi connectivity index (χ3v) is 2.65. The molecule has 2 aromatic rings. The fraction of sp³-hybridized carbons (Fsp3) is 0.294. The van der Waals surface area contributed by atoms with Crippen molar-refractivity contribution in [2.45, 2.75) is 20.3 Å². The van der Waals surface area contributed by atoms with Gasteiger partial charge in [0.05, 0.1) is 0 Å². The number of rotatable bonds is 2. The van der Waals surface area contributed by atoms with Crippen LogP contribution in [0.5, 0.6) is 0 Å². The highest BCUT2D eigenvalue weighted by atomic mass is 14.4. The lowest BCUT2D eigenvalue weighted by Gasteiger charge is -2.03. The average molecular weight is 258 g/mol. The van der Waals surface area contributed by atoms with Crippen LogP contribution in [-0.4, -0.2) is 14.1 Å². The summed E-state index contributed by atoms with van der Waals surface area (Å²) in [5.41, 5.74) is 14.4. The van der Waals surface area contributed by atoms with Crippen molar-refractivity contribution in [1.29, 1.82) is 0 Å². The fourth-order valence-electron chi connectivity index (χ4n) is 1.65. The van der Waals surface area contributed by atoms with Crippen molar-refractivity contribution in [2.24, 2.45) is 11.5 Å². The molecule has 2 rings (SSSR count). The van der Waals surface area contributed by atoms with Gasteiger partial charge in [-0.1, -0.05) is 59.7 Å². The number of hydrogen-bond donors (Lipinski definition) is 2. The minimum absolute atomic E-state index is 1.03. The molecule has 0 aliphatic rings. The second-order valence-corrected chi connectivity index (χ2v) is 4.15. The molecule has 0 aliphatic heterocycles. The lowest BCUT2D eigenvalue weighted by Crippen LogP contribution is -1.88. The molecule has 0 unspecified atom stereocenters. The molecule has 0 radical (unpaired) electrons. The summed E-state index contributed by atoms with van der Waals surface area (Å²) < 4.78 is 0. The van der Waals surface area contributed by atoms with Crippen LogP contribution in [0.15, 0.2) is 48.5 Å². The molecule has 104 valence electrons. The molecule has 2 heteroatoms. The summed E-state index contributed by atoms with van der Waals surface area (Å²) >= 11 is 0. The highest BCUT2D eigenvalue weighted by molar-refractivity contribution is 5.29. The Bertz CT molecular complexity index is 386. The SMILES string of the molecule is CN.CN.Cc1ccc(Cc2ccc(C)cc2)cc1. The first kappa shape index (κ1) is 17.4. The molecule has 2 nitrogen and oxygen atoms in total. The van der Waals surface area contributed by atoms with E-state index >= 15 is 0 Å². The topological polar surface area (TPSA) is 52.0 Å². The zero-order valence-electron chi connectivity index (χ0n) is 12.5. The monoisotopic (exact) mass is 258 g/mol. The van der Waals surface area contributed by atoms with Crippen LogP contribution in [0.4, 0.5) is 0 Å². The van der Waals surface area contributed by atoms with Gasteiger partial charge >= 0.3 is 0 Å². The van der Waals surface area contributed by atoms with Gasteiger partial charge in [-0.25, -0.2) is 0 Å². The molecule has 0 aromatic heterocycles. The van der Waals surface area contributed by atoms with E-state index in [4.69, 9.17) is 0 Å². The minimum atomic E-state index is 1.03. The molecule has 0 atom stereocenters. The van der Waals surface area contributed by atoms with Crippen LogP contribution >= 0.6 is 0 Å². The number of benzene rings is 2. The van der Waals surface area contributed by atoms with Crippen molar-refractivity contribution in [2.75, 3.05) is 14.1 Å². The predicted molar refractivity (Wildman–Crippen MR) is 85.4 cm³/mol. The second-order valence-electron chi connectivity index (χ2n) is 4.15. The molecule has 0 aliphatic carbocycles. The van der Waals surface area contributed by atoms with E-state index in [1.807, 2.05) is 0 Å². The molecular formula is C17H26N2. The Morgan fingerprint density at radius 2 is 0.842 bits per heavy atom. The van der Waals surface area contributed by atoms with E-state index in [9.17, 15) is 0 Å². The minimum Gasteiger partial charge on any atom is -0.333 e. The summed E-state index contributed by atoms with van der Waals surface area (Å²) in [6.07, 6.45) is 1.03. The molecule has 4 N–H and O–H groups in total. The van der Waals surface area contributed by atoms with Crippen LogP contribution in [0.1, 0.15) is 22.3 Å². The molecule has 0 saturated heterocycles. The Hall–Kier alpha value is -1.64. The summed E-state index contributed by atoms with van der Waals surface area (Å²) in [6.45, 7) is 4.24. The largest absolute Gasteiger partial charge is 0.333 e. The smallest absolute Gasteiger partial charge is 0.00258 e. The first-order valence-electron chi connectivity index (χ1n) is 6.50. The maximum absolute atomic E-state index is 4.50. The van der Waals surface area contributed by atoms with Gasteiger partial charge in [0.2, 0.25) is 0 Å². The van der Waals surface area contributed by atoms with E-state index in [2.05, 4.69) is 73.8 Å². The number of nitrogens with two attached hydrogens (primary N) is 2. The molecule has 0 amide bonds. The molecule has 0 saturated carbocycles. The summed E-state index contributed by atoms with van der Waals surface area (Å²) in [7, 11) is 3.00. The van der Waals surface area contributed by atoms with Crippen LogP contribution in [-0.2, 0) is 6.42 Å². The predicted octanol–water partition coefficient (Wildman–Crippen LogP) is 3.04. The van der Waals surface area contributed by atoms with Gasteiger partial charge in [-0.05, 0) is 45.5 Å². The van der Waals surface area contributed by atoms with Crippen molar-refractivity contribution >= 4 is 0 Å².